The summed E-state index contributed by atoms with van der Waals surface area (Å²) in [5.74, 6) is 0. The first-order valence-corrected chi connectivity index (χ1v) is 5.90. The Bertz CT molecular complexity index is 455. The van der Waals surface area contributed by atoms with E-state index in [-0.39, 0.29) is 5.66 Å². The van der Waals surface area contributed by atoms with E-state index in [1.165, 1.54) is 12.1 Å². The van der Waals surface area contributed by atoms with E-state index in [0.717, 1.165) is 29.7 Å². The van der Waals surface area contributed by atoms with Crippen molar-refractivity contribution in [1.82, 2.24) is 0 Å². The molecule has 1 fully saturated rings. The van der Waals surface area contributed by atoms with Crippen LogP contribution in [-0.2, 0) is 0 Å². The summed E-state index contributed by atoms with van der Waals surface area (Å²) in [6, 6.07) is 8.15. The number of hydroxylamine groups is 1. The molecule has 16 heavy (non-hydrogen) atoms. The molecule has 0 spiro atoms. The van der Waals surface area contributed by atoms with Crippen LogP contribution in [0.5, 0.6) is 0 Å². The van der Waals surface area contributed by atoms with Crippen molar-refractivity contribution in [3.05, 3.63) is 35.0 Å². The number of hydrogen-bond donors (Lipinski definition) is 0. The maximum Gasteiger partial charge on any atom is 0.245 e. The number of hydrogen-bond acceptors (Lipinski definition) is 2. The Morgan fingerprint density at radius 1 is 1.31 bits per heavy atom. The van der Waals surface area contributed by atoms with E-state index in [9.17, 15) is 5.21 Å². The van der Waals surface area contributed by atoms with Gasteiger partial charge in [0.25, 0.3) is 0 Å². The van der Waals surface area contributed by atoms with Crippen LogP contribution in [0.15, 0.2) is 24.3 Å². The molecule has 1 atom stereocenters. The molecule has 0 bridgehead atoms. The molecule has 0 aromatic heterocycles. The predicted octanol–water partition coefficient (Wildman–Crippen LogP) is 2.34. The summed E-state index contributed by atoms with van der Waals surface area (Å²) in [4.78, 5) is 2.26. The molecular weight excluding hydrogens is 200 g/mol. The number of nitrogens with zero attached hydrogens (tertiary/aromatic N) is 2. The molecule has 0 aliphatic carbocycles. The minimum atomic E-state index is -0.368. The van der Waals surface area contributed by atoms with Crippen molar-refractivity contribution in [2.45, 2.75) is 31.8 Å². The first kappa shape index (κ1) is 9.70. The van der Waals surface area contributed by atoms with Gasteiger partial charge in [-0.3, -0.25) is 0 Å². The molecule has 2 aliphatic rings. The highest BCUT2D eigenvalue weighted by molar-refractivity contribution is 5.87. The van der Waals surface area contributed by atoms with Crippen LogP contribution < -0.4 is 4.90 Å². The van der Waals surface area contributed by atoms with Crippen LogP contribution in [0, 0.1) is 5.21 Å². The van der Waals surface area contributed by atoms with Gasteiger partial charge >= 0.3 is 0 Å². The third-order valence-electron chi connectivity index (χ3n) is 3.82. The van der Waals surface area contributed by atoms with Crippen molar-refractivity contribution >= 4 is 11.9 Å². The summed E-state index contributed by atoms with van der Waals surface area (Å²) >= 11 is 0. The van der Waals surface area contributed by atoms with Crippen molar-refractivity contribution in [2.75, 3.05) is 11.4 Å². The summed E-state index contributed by atoms with van der Waals surface area (Å²) in [5.41, 5.74) is 1.88. The molecule has 1 saturated heterocycles. The van der Waals surface area contributed by atoms with Crippen LogP contribution >= 0.6 is 0 Å². The normalized spacial score (nSPS) is 28.1. The first-order valence-electron chi connectivity index (χ1n) is 5.90. The topological polar surface area (TPSA) is 29.3 Å². The quantitative estimate of drug-likeness (QED) is 0.492. The Kier molecular flexibility index (Phi) is 1.96. The Morgan fingerprint density at radius 3 is 3.00 bits per heavy atom. The van der Waals surface area contributed by atoms with Gasteiger partial charge in [-0.25, -0.2) is 0 Å². The lowest BCUT2D eigenvalue weighted by Gasteiger charge is -2.45. The number of fused-ring (bicyclic) bond motifs is 3. The third kappa shape index (κ3) is 1.17. The summed E-state index contributed by atoms with van der Waals surface area (Å²) in [5, 5.41) is 12.1. The van der Waals surface area contributed by atoms with Gasteiger partial charge in [-0.1, -0.05) is 12.1 Å². The molecule has 2 heterocycles. The standard InChI is InChI=1S/C13H16N2O/c1-13-8-4-5-9-14(13)12-7-3-2-6-11(12)10-15(13)16/h2-3,6-7,10H,4-5,8-9H2,1H3. The molecule has 3 nitrogen and oxygen atoms in total. The van der Waals surface area contributed by atoms with Gasteiger partial charge in [0.15, 0.2) is 6.21 Å². The molecule has 1 aromatic carbocycles. The highest BCUT2D eigenvalue weighted by Gasteiger charge is 2.45. The highest BCUT2D eigenvalue weighted by Crippen LogP contribution is 2.37. The second-order valence-corrected chi connectivity index (χ2v) is 4.84. The average molecular weight is 216 g/mol. The van der Waals surface area contributed by atoms with Crippen molar-refractivity contribution in [3.8, 4) is 0 Å². The summed E-state index contributed by atoms with van der Waals surface area (Å²) in [6.45, 7) is 3.03. The monoisotopic (exact) mass is 216 g/mol. The molecule has 3 heteroatoms. The zero-order valence-corrected chi connectivity index (χ0v) is 9.52. The van der Waals surface area contributed by atoms with Crippen LogP contribution in [0.2, 0.25) is 0 Å². The second kappa shape index (κ2) is 3.24. The second-order valence-electron chi connectivity index (χ2n) is 4.84. The fourth-order valence-corrected chi connectivity index (χ4v) is 2.82. The van der Waals surface area contributed by atoms with Crippen molar-refractivity contribution in [2.24, 2.45) is 0 Å². The number of benzene rings is 1. The van der Waals surface area contributed by atoms with Gasteiger partial charge in [0.2, 0.25) is 5.66 Å². The van der Waals surface area contributed by atoms with E-state index in [0.29, 0.717) is 0 Å². The molecule has 0 radical (unpaired) electrons. The maximum absolute atomic E-state index is 12.1. The molecule has 3 rings (SSSR count). The van der Waals surface area contributed by atoms with E-state index in [4.69, 9.17) is 0 Å². The Hall–Kier alpha value is -1.51. The molecule has 0 saturated carbocycles. The van der Waals surface area contributed by atoms with Gasteiger partial charge in [-0.05, 0) is 25.0 Å². The lowest BCUT2D eigenvalue weighted by atomic mass is 9.93. The van der Waals surface area contributed by atoms with Crippen LogP contribution in [0.3, 0.4) is 0 Å². The van der Waals surface area contributed by atoms with Crippen LogP contribution in [-0.4, -0.2) is 23.2 Å². The predicted molar refractivity (Wildman–Crippen MR) is 64.8 cm³/mol. The molecule has 84 valence electrons. The number of rotatable bonds is 0. The smallest absolute Gasteiger partial charge is 0.245 e. The SMILES string of the molecule is CC12CCCCN1c1ccccc1C=[N+]2[O-]. The van der Waals surface area contributed by atoms with Crippen LogP contribution in [0.1, 0.15) is 31.7 Å². The van der Waals surface area contributed by atoms with Crippen molar-refractivity contribution in [1.29, 1.82) is 0 Å². The average Bonchev–Trinajstić information content (AvgIpc) is 2.30. The minimum absolute atomic E-state index is 0.368. The van der Waals surface area contributed by atoms with Crippen molar-refractivity contribution < 1.29 is 4.74 Å². The molecule has 1 aromatic rings. The van der Waals surface area contributed by atoms with Gasteiger partial charge in [0, 0.05) is 19.9 Å². The largest absolute Gasteiger partial charge is 0.622 e. The Morgan fingerprint density at radius 2 is 2.12 bits per heavy atom. The Balaban J connectivity index is 2.17. The highest BCUT2D eigenvalue weighted by atomic mass is 16.5. The Labute approximate surface area is 95.6 Å². The van der Waals surface area contributed by atoms with E-state index in [1.54, 1.807) is 6.21 Å². The first-order chi connectivity index (χ1) is 7.72. The third-order valence-corrected chi connectivity index (χ3v) is 3.82. The number of piperidine rings is 1. The molecule has 2 aliphatic heterocycles. The fourth-order valence-electron chi connectivity index (χ4n) is 2.82. The summed E-state index contributed by atoms with van der Waals surface area (Å²) < 4.78 is 1.13. The van der Waals surface area contributed by atoms with Gasteiger partial charge in [-0.15, -0.1) is 0 Å². The van der Waals surface area contributed by atoms with Gasteiger partial charge in [0.1, 0.15) is 0 Å². The lowest BCUT2D eigenvalue weighted by molar-refractivity contribution is -0.545. The summed E-state index contributed by atoms with van der Waals surface area (Å²) in [6.07, 6.45) is 5.00. The zero-order valence-electron chi connectivity index (χ0n) is 9.52. The molecule has 0 amide bonds. The van der Waals surface area contributed by atoms with Gasteiger partial charge < -0.3 is 10.1 Å². The zero-order chi connectivity index (χ0) is 11.2. The van der Waals surface area contributed by atoms with Gasteiger partial charge in [0.05, 0.1) is 11.3 Å². The van der Waals surface area contributed by atoms with E-state index in [1.807, 2.05) is 25.1 Å². The van der Waals surface area contributed by atoms with Gasteiger partial charge in [-0.2, -0.15) is 4.74 Å². The van der Waals surface area contributed by atoms with Crippen LogP contribution in [0.25, 0.3) is 0 Å². The fraction of sp³-hybridized carbons (Fsp3) is 0.462. The van der Waals surface area contributed by atoms with E-state index in [2.05, 4.69) is 11.0 Å². The summed E-state index contributed by atoms with van der Waals surface area (Å²) in [7, 11) is 0. The molecule has 1 unspecified atom stereocenters. The number of anilines is 1. The van der Waals surface area contributed by atoms with Crippen molar-refractivity contribution in [3.63, 3.8) is 0 Å². The minimum Gasteiger partial charge on any atom is -0.622 e. The lowest BCUT2D eigenvalue weighted by Crippen LogP contribution is -2.58. The van der Waals surface area contributed by atoms with E-state index < -0.39 is 0 Å². The maximum atomic E-state index is 12.1. The van der Waals surface area contributed by atoms with E-state index >= 15 is 0 Å². The number of para-hydroxylation sites is 1. The molecular formula is C13H16N2O. The molecule has 0 N–H and O–H groups in total. The van der Waals surface area contributed by atoms with Crippen LogP contribution in [0.4, 0.5) is 5.69 Å².